The number of benzene rings is 1. The van der Waals surface area contributed by atoms with Gasteiger partial charge in [-0.2, -0.15) is 0 Å². The lowest BCUT2D eigenvalue weighted by Crippen LogP contribution is -2.06. The Morgan fingerprint density at radius 2 is 2.32 bits per heavy atom. The molecule has 0 fully saturated rings. The number of aromatic nitrogens is 1. The molecule has 0 radical (unpaired) electrons. The van der Waals surface area contributed by atoms with Gasteiger partial charge in [-0.05, 0) is 40.5 Å². The molecule has 98 valence electrons. The summed E-state index contributed by atoms with van der Waals surface area (Å²) < 4.78 is 5.65. The monoisotopic (exact) mass is 340 g/mol. The van der Waals surface area contributed by atoms with Crippen LogP contribution in [-0.2, 0) is 4.74 Å². The molecule has 2 rings (SSSR count). The number of hydrogen-bond acceptors (Lipinski definition) is 4. The number of nitrogens with zero attached hydrogens (tertiary/aromatic N) is 1. The molecule has 0 unspecified atom stereocenters. The van der Waals surface area contributed by atoms with Crippen LogP contribution in [0.25, 0.3) is 10.9 Å². The van der Waals surface area contributed by atoms with Crippen LogP contribution < -0.4 is 0 Å². The molecule has 2 aromatic rings. The van der Waals surface area contributed by atoms with E-state index in [0.717, 1.165) is 4.47 Å². The van der Waals surface area contributed by atoms with Gasteiger partial charge in [0, 0.05) is 22.3 Å². The van der Waals surface area contributed by atoms with Crippen LogP contribution in [0.4, 0.5) is 0 Å². The normalized spacial score (nSPS) is 10.5. The first-order valence-electron chi connectivity index (χ1n) is 5.53. The summed E-state index contributed by atoms with van der Waals surface area (Å²) in [5.74, 6) is -0.502. The van der Waals surface area contributed by atoms with Gasteiger partial charge in [-0.1, -0.05) is 11.6 Å². The third kappa shape index (κ3) is 2.62. The standard InChI is InChI=1S/C13H10BrClN2O2/c1-2-19-13(18)9-6-17-12-8(11(9)15)3-7(5-16)4-10(12)14/h3-6,16H,2H2,1H3. The van der Waals surface area contributed by atoms with Gasteiger partial charge in [0.05, 0.1) is 22.7 Å². The van der Waals surface area contributed by atoms with Gasteiger partial charge in [-0.25, -0.2) is 4.79 Å². The molecule has 19 heavy (non-hydrogen) atoms. The van der Waals surface area contributed by atoms with Crippen LogP contribution in [0.2, 0.25) is 5.02 Å². The minimum atomic E-state index is -0.502. The molecule has 1 aromatic carbocycles. The van der Waals surface area contributed by atoms with E-state index in [4.69, 9.17) is 21.7 Å². The number of hydrogen-bond donors (Lipinski definition) is 1. The van der Waals surface area contributed by atoms with Crippen LogP contribution in [0.15, 0.2) is 22.8 Å². The van der Waals surface area contributed by atoms with E-state index < -0.39 is 5.97 Å². The summed E-state index contributed by atoms with van der Waals surface area (Å²) >= 11 is 9.61. The van der Waals surface area contributed by atoms with Gasteiger partial charge in [0.25, 0.3) is 0 Å². The second-order valence-corrected chi connectivity index (χ2v) is 4.98. The quantitative estimate of drug-likeness (QED) is 0.682. The number of carbonyl (C=O) groups is 1. The predicted molar refractivity (Wildman–Crippen MR) is 78.3 cm³/mol. The zero-order valence-electron chi connectivity index (χ0n) is 10.0. The summed E-state index contributed by atoms with van der Waals surface area (Å²) in [6, 6.07) is 3.48. The van der Waals surface area contributed by atoms with Crippen molar-refractivity contribution in [3.63, 3.8) is 0 Å². The number of ether oxygens (including phenoxy) is 1. The minimum absolute atomic E-state index is 0.227. The van der Waals surface area contributed by atoms with Crippen LogP contribution in [0.3, 0.4) is 0 Å². The number of carbonyl (C=O) groups excluding carboxylic acids is 1. The molecule has 1 heterocycles. The molecule has 4 nitrogen and oxygen atoms in total. The highest BCUT2D eigenvalue weighted by Crippen LogP contribution is 2.31. The lowest BCUT2D eigenvalue weighted by atomic mass is 10.1. The van der Waals surface area contributed by atoms with Crippen molar-refractivity contribution in [1.29, 1.82) is 5.41 Å². The molecule has 0 amide bonds. The Balaban J connectivity index is 2.69. The van der Waals surface area contributed by atoms with Crippen LogP contribution in [-0.4, -0.2) is 23.8 Å². The van der Waals surface area contributed by atoms with Crippen LogP contribution in [0.1, 0.15) is 22.8 Å². The highest BCUT2D eigenvalue weighted by atomic mass is 79.9. The van der Waals surface area contributed by atoms with Crippen molar-refractivity contribution < 1.29 is 9.53 Å². The predicted octanol–water partition coefficient (Wildman–Crippen LogP) is 3.83. The van der Waals surface area contributed by atoms with Crippen molar-refractivity contribution in [2.24, 2.45) is 0 Å². The van der Waals surface area contributed by atoms with Gasteiger partial charge in [0.1, 0.15) is 0 Å². The average molecular weight is 342 g/mol. The Morgan fingerprint density at radius 3 is 2.95 bits per heavy atom. The minimum Gasteiger partial charge on any atom is -0.462 e. The maximum Gasteiger partial charge on any atom is 0.341 e. The van der Waals surface area contributed by atoms with Crippen LogP contribution in [0, 0.1) is 5.41 Å². The number of nitrogens with one attached hydrogen (secondary N) is 1. The highest BCUT2D eigenvalue weighted by molar-refractivity contribution is 9.10. The first-order chi connectivity index (χ1) is 9.08. The molecule has 0 spiro atoms. The fraction of sp³-hybridized carbons (Fsp3) is 0.154. The lowest BCUT2D eigenvalue weighted by molar-refractivity contribution is 0.0526. The van der Waals surface area contributed by atoms with Gasteiger partial charge in [0.2, 0.25) is 0 Å². The van der Waals surface area contributed by atoms with E-state index in [9.17, 15) is 4.79 Å². The van der Waals surface area contributed by atoms with Crippen molar-refractivity contribution in [2.75, 3.05) is 6.61 Å². The summed E-state index contributed by atoms with van der Waals surface area (Å²) in [5, 5.41) is 8.19. The van der Waals surface area contributed by atoms with Gasteiger partial charge >= 0.3 is 5.97 Å². The number of halogens is 2. The van der Waals surface area contributed by atoms with E-state index >= 15 is 0 Å². The van der Waals surface area contributed by atoms with Crippen molar-refractivity contribution in [1.82, 2.24) is 4.98 Å². The van der Waals surface area contributed by atoms with E-state index in [0.29, 0.717) is 16.5 Å². The zero-order chi connectivity index (χ0) is 14.0. The summed E-state index contributed by atoms with van der Waals surface area (Å²) in [7, 11) is 0. The van der Waals surface area contributed by atoms with E-state index in [1.807, 2.05) is 0 Å². The maximum absolute atomic E-state index is 11.7. The molecule has 0 bridgehead atoms. The number of pyridine rings is 1. The van der Waals surface area contributed by atoms with Gasteiger partial charge < -0.3 is 10.1 Å². The van der Waals surface area contributed by atoms with Crippen molar-refractivity contribution in [3.05, 3.63) is 39.0 Å². The maximum atomic E-state index is 11.7. The molecule has 1 N–H and O–H groups in total. The summed E-state index contributed by atoms with van der Waals surface area (Å²) in [5.41, 5.74) is 1.54. The molecule has 0 saturated heterocycles. The van der Waals surface area contributed by atoms with Crippen LogP contribution in [0.5, 0.6) is 0 Å². The zero-order valence-corrected chi connectivity index (χ0v) is 12.4. The Hall–Kier alpha value is -1.46. The molecule has 0 saturated carbocycles. The first-order valence-corrected chi connectivity index (χ1v) is 6.71. The van der Waals surface area contributed by atoms with E-state index in [-0.39, 0.29) is 17.2 Å². The molecule has 0 aliphatic carbocycles. The fourth-order valence-corrected chi connectivity index (χ4v) is 2.53. The van der Waals surface area contributed by atoms with Crippen molar-refractivity contribution in [2.45, 2.75) is 6.92 Å². The van der Waals surface area contributed by atoms with E-state index in [2.05, 4.69) is 20.9 Å². The number of rotatable bonds is 3. The SMILES string of the molecule is CCOC(=O)c1cnc2c(Br)cc(C=N)cc2c1Cl. The van der Waals surface area contributed by atoms with Crippen LogP contribution >= 0.6 is 27.5 Å². The van der Waals surface area contributed by atoms with E-state index in [1.54, 1.807) is 19.1 Å². The molecular weight excluding hydrogens is 332 g/mol. The number of fused-ring (bicyclic) bond motifs is 1. The second-order valence-electron chi connectivity index (χ2n) is 3.75. The largest absolute Gasteiger partial charge is 0.462 e. The molecule has 1 aromatic heterocycles. The molecule has 0 aliphatic heterocycles. The number of esters is 1. The second kappa shape index (κ2) is 5.67. The fourth-order valence-electron chi connectivity index (χ4n) is 1.68. The smallest absolute Gasteiger partial charge is 0.341 e. The Morgan fingerprint density at radius 1 is 1.58 bits per heavy atom. The molecule has 6 heteroatoms. The van der Waals surface area contributed by atoms with Gasteiger partial charge in [-0.15, -0.1) is 0 Å². The Labute approximate surface area is 123 Å². The molecular formula is C13H10BrClN2O2. The average Bonchev–Trinajstić information content (AvgIpc) is 2.39. The topological polar surface area (TPSA) is 63.0 Å². The first kappa shape index (κ1) is 14.0. The van der Waals surface area contributed by atoms with Crippen molar-refractivity contribution >= 4 is 50.6 Å². The lowest BCUT2D eigenvalue weighted by Gasteiger charge is -2.08. The highest BCUT2D eigenvalue weighted by Gasteiger charge is 2.16. The Kier molecular flexibility index (Phi) is 4.17. The summed E-state index contributed by atoms with van der Waals surface area (Å²) in [4.78, 5) is 16.0. The molecule has 0 atom stereocenters. The summed E-state index contributed by atoms with van der Waals surface area (Å²) in [6.45, 7) is 2.00. The van der Waals surface area contributed by atoms with E-state index in [1.165, 1.54) is 12.4 Å². The Bertz CT molecular complexity index is 673. The third-order valence-electron chi connectivity index (χ3n) is 2.54. The third-order valence-corrected chi connectivity index (χ3v) is 3.56. The summed E-state index contributed by atoms with van der Waals surface area (Å²) in [6.07, 6.45) is 2.61. The van der Waals surface area contributed by atoms with Gasteiger partial charge in [0.15, 0.2) is 0 Å². The van der Waals surface area contributed by atoms with Gasteiger partial charge in [-0.3, -0.25) is 4.98 Å². The molecule has 0 aliphatic rings. The van der Waals surface area contributed by atoms with Crippen molar-refractivity contribution in [3.8, 4) is 0 Å².